The van der Waals surface area contributed by atoms with E-state index in [9.17, 15) is 4.79 Å². The van der Waals surface area contributed by atoms with Gasteiger partial charge in [0.05, 0.1) is 5.41 Å². The Morgan fingerprint density at radius 2 is 2.18 bits per heavy atom. The summed E-state index contributed by atoms with van der Waals surface area (Å²) in [5, 5.41) is 0. The number of nitrogens with two attached hydrogens (primary N) is 1. The fourth-order valence-electron chi connectivity index (χ4n) is 1.10. The van der Waals surface area contributed by atoms with E-state index < -0.39 is 5.41 Å². The van der Waals surface area contributed by atoms with Gasteiger partial charge < -0.3 is 5.73 Å². The third kappa shape index (κ3) is 1.26. The molecule has 0 aromatic carbocycles. The first-order chi connectivity index (χ1) is 5.07. The van der Waals surface area contributed by atoms with E-state index in [0.29, 0.717) is 0 Å². The average Bonchev–Trinajstić information content (AvgIpc) is 1.95. The van der Waals surface area contributed by atoms with Gasteiger partial charge in [0.2, 0.25) is 0 Å². The molecule has 2 atom stereocenters. The van der Waals surface area contributed by atoms with Gasteiger partial charge in [-0.1, -0.05) is 24.3 Å². The number of Topliss-reactive ketones (excluding diaryl/α,β-unsaturated/α-hetero) is 1. The summed E-state index contributed by atoms with van der Waals surface area (Å²) in [7, 11) is 0. The summed E-state index contributed by atoms with van der Waals surface area (Å²) < 4.78 is 0. The Hall–Kier alpha value is -0.890. The van der Waals surface area contributed by atoms with Crippen molar-refractivity contribution < 1.29 is 4.79 Å². The molecule has 2 unspecified atom stereocenters. The molecule has 1 aliphatic carbocycles. The molecule has 60 valence electrons. The fraction of sp³-hybridized carbons (Fsp3) is 0.444. The second-order valence-corrected chi connectivity index (χ2v) is 3.11. The lowest BCUT2D eigenvalue weighted by Gasteiger charge is -2.29. The normalized spacial score (nSPS) is 35.7. The van der Waals surface area contributed by atoms with Gasteiger partial charge in [0.25, 0.3) is 0 Å². The Bertz CT molecular complexity index is 230. The molecule has 0 fully saturated rings. The van der Waals surface area contributed by atoms with Crippen LogP contribution in [0.3, 0.4) is 0 Å². The predicted octanol–water partition coefficient (Wildman–Crippen LogP) is 1.03. The summed E-state index contributed by atoms with van der Waals surface area (Å²) in [6, 6.07) is -0.176. The number of ketones is 1. The SMILES string of the molecule is CC(=O)C1(C)C=CC=CC1N. The lowest BCUT2D eigenvalue weighted by molar-refractivity contribution is -0.123. The van der Waals surface area contributed by atoms with E-state index >= 15 is 0 Å². The number of carbonyl (C=O) groups excluding carboxylic acids is 1. The highest BCUT2D eigenvalue weighted by molar-refractivity contribution is 5.85. The van der Waals surface area contributed by atoms with Crippen molar-refractivity contribution in [3.8, 4) is 0 Å². The predicted molar refractivity (Wildman–Crippen MR) is 45.0 cm³/mol. The van der Waals surface area contributed by atoms with Gasteiger partial charge in [-0.25, -0.2) is 0 Å². The van der Waals surface area contributed by atoms with E-state index in [2.05, 4.69) is 0 Å². The molecule has 0 bridgehead atoms. The monoisotopic (exact) mass is 151 g/mol. The molecule has 1 rings (SSSR count). The Balaban J connectivity index is 2.94. The summed E-state index contributed by atoms with van der Waals surface area (Å²) in [4.78, 5) is 11.2. The Kier molecular flexibility index (Phi) is 1.96. The summed E-state index contributed by atoms with van der Waals surface area (Å²) >= 11 is 0. The van der Waals surface area contributed by atoms with Crippen LogP contribution in [0.15, 0.2) is 24.3 Å². The van der Waals surface area contributed by atoms with E-state index in [1.807, 2.05) is 31.2 Å². The first-order valence-corrected chi connectivity index (χ1v) is 3.70. The lowest BCUT2D eigenvalue weighted by Crippen LogP contribution is -2.42. The van der Waals surface area contributed by atoms with Crippen molar-refractivity contribution in [3.05, 3.63) is 24.3 Å². The first-order valence-electron chi connectivity index (χ1n) is 3.70. The minimum absolute atomic E-state index is 0.116. The maximum Gasteiger partial charge on any atom is 0.141 e. The van der Waals surface area contributed by atoms with E-state index in [0.717, 1.165) is 0 Å². The van der Waals surface area contributed by atoms with Crippen molar-refractivity contribution in [2.75, 3.05) is 0 Å². The van der Waals surface area contributed by atoms with E-state index in [1.54, 1.807) is 6.92 Å². The first kappa shape index (κ1) is 8.21. The molecule has 0 radical (unpaired) electrons. The minimum atomic E-state index is -0.491. The zero-order chi connectivity index (χ0) is 8.48. The maximum absolute atomic E-state index is 11.2. The number of allylic oxidation sites excluding steroid dienone is 2. The van der Waals surface area contributed by atoms with Gasteiger partial charge in [0, 0.05) is 6.04 Å². The highest BCUT2D eigenvalue weighted by Crippen LogP contribution is 2.26. The van der Waals surface area contributed by atoms with Crippen LogP contribution in [-0.2, 0) is 4.79 Å². The van der Waals surface area contributed by atoms with Crippen molar-refractivity contribution in [2.45, 2.75) is 19.9 Å². The summed E-state index contributed by atoms with van der Waals surface area (Å²) in [5.41, 5.74) is 5.26. The maximum atomic E-state index is 11.2. The van der Waals surface area contributed by atoms with Gasteiger partial charge in [-0.3, -0.25) is 4.79 Å². The van der Waals surface area contributed by atoms with Crippen LogP contribution in [0.1, 0.15) is 13.8 Å². The van der Waals surface area contributed by atoms with Crippen molar-refractivity contribution in [2.24, 2.45) is 11.1 Å². The van der Waals surface area contributed by atoms with Crippen LogP contribution in [0.4, 0.5) is 0 Å². The van der Waals surface area contributed by atoms with Gasteiger partial charge >= 0.3 is 0 Å². The minimum Gasteiger partial charge on any atom is -0.323 e. The topological polar surface area (TPSA) is 43.1 Å². The third-order valence-electron chi connectivity index (χ3n) is 2.32. The third-order valence-corrected chi connectivity index (χ3v) is 2.32. The highest BCUT2D eigenvalue weighted by Gasteiger charge is 2.33. The van der Waals surface area contributed by atoms with Crippen LogP contribution >= 0.6 is 0 Å². The number of carbonyl (C=O) groups is 1. The summed E-state index contributed by atoms with van der Waals surface area (Å²) in [6.07, 6.45) is 7.45. The number of rotatable bonds is 1. The van der Waals surface area contributed by atoms with E-state index in [1.165, 1.54) is 0 Å². The largest absolute Gasteiger partial charge is 0.323 e. The molecule has 2 N–H and O–H groups in total. The Morgan fingerprint density at radius 3 is 2.55 bits per heavy atom. The zero-order valence-electron chi connectivity index (χ0n) is 6.87. The molecule has 2 nitrogen and oxygen atoms in total. The molecule has 0 aromatic heterocycles. The standard InChI is InChI=1S/C9H13NO/c1-7(11)9(2)6-4-3-5-8(9)10/h3-6,8H,10H2,1-2H3. The second-order valence-electron chi connectivity index (χ2n) is 3.11. The van der Waals surface area contributed by atoms with Gasteiger partial charge in [-0.2, -0.15) is 0 Å². The lowest BCUT2D eigenvalue weighted by atomic mass is 9.77. The molecule has 11 heavy (non-hydrogen) atoms. The van der Waals surface area contributed by atoms with Crippen molar-refractivity contribution in [3.63, 3.8) is 0 Å². The van der Waals surface area contributed by atoms with Crippen LogP contribution < -0.4 is 5.73 Å². The highest BCUT2D eigenvalue weighted by atomic mass is 16.1. The van der Waals surface area contributed by atoms with Crippen LogP contribution in [0.25, 0.3) is 0 Å². The fourth-order valence-corrected chi connectivity index (χ4v) is 1.10. The van der Waals surface area contributed by atoms with E-state index in [-0.39, 0.29) is 11.8 Å². The van der Waals surface area contributed by atoms with Crippen LogP contribution in [0, 0.1) is 5.41 Å². The van der Waals surface area contributed by atoms with Gasteiger partial charge in [-0.05, 0) is 13.8 Å². The molecule has 0 heterocycles. The summed E-state index contributed by atoms with van der Waals surface area (Å²) in [5.74, 6) is 0.116. The van der Waals surface area contributed by atoms with Gasteiger partial charge in [0.15, 0.2) is 0 Å². The molecule has 1 aliphatic rings. The zero-order valence-corrected chi connectivity index (χ0v) is 6.87. The van der Waals surface area contributed by atoms with Crippen LogP contribution in [0.2, 0.25) is 0 Å². The Labute approximate surface area is 66.8 Å². The molecular weight excluding hydrogens is 138 g/mol. The molecule has 0 aliphatic heterocycles. The Morgan fingerprint density at radius 1 is 1.55 bits per heavy atom. The molecule has 0 amide bonds. The van der Waals surface area contributed by atoms with E-state index in [4.69, 9.17) is 5.73 Å². The second kappa shape index (κ2) is 2.62. The van der Waals surface area contributed by atoms with Crippen molar-refractivity contribution in [1.82, 2.24) is 0 Å². The van der Waals surface area contributed by atoms with Crippen molar-refractivity contribution >= 4 is 5.78 Å². The van der Waals surface area contributed by atoms with Gasteiger partial charge in [0.1, 0.15) is 5.78 Å². The quantitative estimate of drug-likeness (QED) is 0.608. The van der Waals surface area contributed by atoms with Crippen LogP contribution in [0.5, 0.6) is 0 Å². The average molecular weight is 151 g/mol. The number of hydrogen-bond donors (Lipinski definition) is 1. The number of hydrogen-bond acceptors (Lipinski definition) is 2. The smallest absolute Gasteiger partial charge is 0.141 e. The van der Waals surface area contributed by atoms with Gasteiger partial charge in [-0.15, -0.1) is 0 Å². The summed E-state index contributed by atoms with van der Waals surface area (Å²) in [6.45, 7) is 3.43. The molecule has 2 heteroatoms. The molecule has 0 saturated heterocycles. The molecule has 0 aromatic rings. The molecule has 0 spiro atoms. The van der Waals surface area contributed by atoms with Crippen LogP contribution in [-0.4, -0.2) is 11.8 Å². The van der Waals surface area contributed by atoms with Crippen molar-refractivity contribution in [1.29, 1.82) is 0 Å². The molecule has 0 saturated carbocycles. The molecular formula is C9H13NO.